The van der Waals surface area contributed by atoms with Crippen molar-refractivity contribution in [2.45, 2.75) is 0 Å². The first kappa shape index (κ1) is 39.9. The molecule has 0 N–H and O–H groups in total. The van der Waals surface area contributed by atoms with Crippen LogP contribution in [0.15, 0.2) is 241 Å². The SMILES string of the molecule is c1ccc(-n2c3ccccc3c3c(-c4nc(-c5cc6oc7c8ccccc8ccc7c6cc5-n5c6cc7ccccc7cc6c6cc7ccccc7cc65)nc(-c5cccc6ccccc56)n4)cccc32)cc1. The van der Waals surface area contributed by atoms with E-state index in [4.69, 9.17) is 19.4 Å². The maximum absolute atomic E-state index is 7.05. The molecule has 6 nitrogen and oxygen atoms in total. The predicted molar refractivity (Wildman–Crippen MR) is 302 cm³/mol. The van der Waals surface area contributed by atoms with Crippen LogP contribution in [-0.2, 0) is 0 Å². The molecular weight excluding hydrogens is 891 g/mol. The zero-order chi connectivity index (χ0) is 47.7. The molecule has 0 radical (unpaired) electrons. The molecule has 6 heteroatoms. The number of para-hydroxylation sites is 2. The van der Waals surface area contributed by atoms with Crippen molar-refractivity contribution in [3.8, 4) is 45.5 Å². The van der Waals surface area contributed by atoms with Gasteiger partial charge in [0.25, 0.3) is 0 Å². The Kier molecular flexibility index (Phi) is 8.36. The van der Waals surface area contributed by atoms with Gasteiger partial charge in [-0.2, -0.15) is 0 Å². The second-order valence-corrected chi connectivity index (χ2v) is 19.1. The molecule has 4 heterocycles. The lowest BCUT2D eigenvalue weighted by atomic mass is 10.0. The first-order chi connectivity index (χ1) is 36.2. The van der Waals surface area contributed by atoms with E-state index in [1.54, 1.807) is 0 Å². The van der Waals surface area contributed by atoms with Crippen LogP contribution in [0.5, 0.6) is 0 Å². The van der Waals surface area contributed by atoms with Crippen molar-refractivity contribution < 1.29 is 4.42 Å². The maximum atomic E-state index is 7.05. The summed E-state index contributed by atoms with van der Waals surface area (Å²) in [5.41, 5.74) is 10.6. The Balaban J connectivity index is 1.06. The normalized spacial score (nSPS) is 12.1. The summed E-state index contributed by atoms with van der Waals surface area (Å²) in [6, 6.07) is 84.5. The molecule has 0 unspecified atom stereocenters. The molecule has 4 aromatic heterocycles. The van der Waals surface area contributed by atoms with E-state index in [-0.39, 0.29) is 0 Å². The van der Waals surface area contributed by atoms with E-state index >= 15 is 0 Å². The summed E-state index contributed by atoms with van der Waals surface area (Å²) in [5.74, 6) is 1.70. The van der Waals surface area contributed by atoms with Gasteiger partial charge in [-0.1, -0.05) is 170 Å². The van der Waals surface area contributed by atoms with Crippen molar-refractivity contribution in [2.75, 3.05) is 0 Å². The minimum absolute atomic E-state index is 0.538. The topological polar surface area (TPSA) is 61.7 Å². The van der Waals surface area contributed by atoms with Crippen LogP contribution >= 0.6 is 0 Å². The van der Waals surface area contributed by atoms with Gasteiger partial charge in [0, 0.05) is 60.1 Å². The fourth-order valence-electron chi connectivity index (χ4n) is 11.8. The average molecular weight is 930 g/mol. The van der Waals surface area contributed by atoms with Gasteiger partial charge in [0.05, 0.1) is 27.8 Å². The highest BCUT2D eigenvalue weighted by atomic mass is 16.3. The van der Waals surface area contributed by atoms with Crippen molar-refractivity contribution in [2.24, 2.45) is 0 Å². The van der Waals surface area contributed by atoms with E-state index < -0.39 is 0 Å². The average Bonchev–Trinajstić information content (AvgIpc) is 4.10. The van der Waals surface area contributed by atoms with Gasteiger partial charge in [-0.25, -0.2) is 15.0 Å². The molecule has 338 valence electrons. The molecule has 16 aromatic rings. The Morgan fingerprint density at radius 3 is 1.52 bits per heavy atom. The number of hydrogen-bond donors (Lipinski definition) is 0. The quantitative estimate of drug-likeness (QED) is 0.173. The van der Waals surface area contributed by atoms with Crippen LogP contribution < -0.4 is 0 Å². The van der Waals surface area contributed by atoms with Crippen molar-refractivity contribution in [3.63, 3.8) is 0 Å². The minimum atomic E-state index is 0.538. The predicted octanol–water partition coefficient (Wildman–Crippen LogP) is 17.6. The van der Waals surface area contributed by atoms with Crippen molar-refractivity contribution in [3.05, 3.63) is 237 Å². The number of nitrogens with zero attached hydrogens (tertiary/aromatic N) is 5. The van der Waals surface area contributed by atoms with E-state index in [9.17, 15) is 0 Å². The van der Waals surface area contributed by atoms with Gasteiger partial charge in [-0.3, -0.25) is 0 Å². The van der Waals surface area contributed by atoms with Crippen LogP contribution in [0.1, 0.15) is 0 Å². The van der Waals surface area contributed by atoms with E-state index in [0.717, 1.165) is 115 Å². The summed E-state index contributed by atoms with van der Waals surface area (Å²) in [6.07, 6.45) is 0. The van der Waals surface area contributed by atoms with Gasteiger partial charge in [0.1, 0.15) is 11.2 Å². The Bertz CT molecular complexity index is 4890. The summed E-state index contributed by atoms with van der Waals surface area (Å²) < 4.78 is 11.8. The summed E-state index contributed by atoms with van der Waals surface area (Å²) in [5, 5.41) is 15.7. The van der Waals surface area contributed by atoms with Gasteiger partial charge in [0.15, 0.2) is 17.5 Å². The summed E-state index contributed by atoms with van der Waals surface area (Å²) >= 11 is 0. The molecular formula is C67H39N5O. The molecule has 0 aliphatic heterocycles. The molecule has 12 aromatic carbocycles. The van der Waals surface area contributed by atoms with Crippen LogP contribution in [0.25, 0.3) is 154 Å². The molecule has 0 amide bonds. The molecule has 0 bridgehead atoms. The Morgan fingerprint density at radius 1 is 0.288 bits per heavy atom. The van der Waals surface area contributed by atoms with E-state index in [1.165, 1.54) is 21.5 Å². The Labute approximate surface area is 417 Å². The largest absolute Gasteiger partial charge is 0.455 e. The number of hydrogen-bond acceptors (Lipinski definition) is 4. The van der Waals surface area contributed by atoms with Crippen molar-refractivity contribution in [1.82, 2.24) is 24.1 Å². The molecule has 0 atom stereocenters. The first-order valence-electron chi connectivity index (χ1n) is 24.8. The van der Waals surface area contributed by atoms with Gasteiger partial charge < -0.3 is 13.6 Å². The third-order valence-electron chi connectivity index (χ3n) is 15.1. The molecule has 0 fully saturated rings. The lowest BCUT2D eigenvalue weighted by Gasteiger charge is -2.16. The lowest BCUT2D eigenvalue weighted by Crippen LogP contribution is -2.04. The number of fused-ring (bicyclic) bond motifs is 14. The highest BCUT2D eigenvalue weighted by Crippen LogP contribution is 2.45. The number of furan rings is 1. The first-order valence-corrected chi connectivity index (χ1v) is 24.8. The van der Waals surface area contributed by atoms with Gasteiger partial charge in [-0.15, -0.1) is 0 Å². The number of benzene rings is 12. The molecule has 0 spiro atoms. The molecule has 0 aliphatic carbocycles. The summed E-state index contributed by atoms with van der Waals surface area (Å²) in [6.45, 7) is 0. The maximum Gasteiger partial charge on any atom is 0.166 e. The molecule has 73 heavy (non-hydrogen) atoms. The minimum Gasteiger partial charge on any atom is -0.455 e. The molecule has 0 saturated heterocycles. The third-order valence-corrected chi connectivity index (χ3v) is 15.1. The van der Waals surface area contributed by atoms with Gasteiger partial charge in [0.2, 0.25) is 0 Å². The highest BCUT2D eigenvalue weighted by Gasteiger charge is 2.25. The number of aromatic nitrogens is 5. The molecule has 0 saturated carbocycles. The highest BCUT2D eigenvalue weighted by molar-refractivity contribution is 6.20. The molecule has 16 rings (SSSR count). The van der Waals surface area contributed by atoms with Crippen LogP contribution in [-0.4, -0.2) is 24.1 Å². The third kappa shape index (κ3) is 5.95. The van der Waals surface area contributed by atoms with Crippen LogP contribution in [0.3, 0.4) is 0 Å². The van der Waals surface area contributed by atoms with E-state index in [1.807, 2.05) is 0 Å². The summed E-state index contributed by atoms with van der Waals surface area (Å²) in [7, 11) is 0. The van der Waals surface area contributed by atoms with Crippen LogP contribution in [0.2, 0.25) is 0 Å². The van der Waals surface area contributed by atoms with Crippen molar-refractivity contribution >= 4 is 109 Å². The second kappa shape index (κ2) is 15.3. The zero-order valence-electron chi connectivity index (χ0n) is 39.2. The van der Waals surface area contributed by atoms with Crippen LogP contribution in [0, 0.1) is 0 Å². The lowest BCUT2D eigenvalue weighted by molar-refractivity contribution is 0.672. The summed E-state index contributed by atoms with van der Waals surface area (Å²) in [4.78, 5) is 16.8. The van der Waals surface area contributed by atoms with E-state index in [0.29, 0.717) is 17.5 Å². The smallest absolute Gasteiger partial charge is 0.166 e. The Hall–Kier alpha value is -9.91. The molecule has 0 aliphatic rings. The van der Waals surface area contributed by atoms with Gasteiger partial charge in [-0.05, 0) is 104 Å². The van der Waals surface area contributed by atoms with Crippen LogP contribution in [0.4, 0.5) is 0 Å². The monoisotopic (exact) mass is 929 g/mol. The number of rotatable bonds is 5. The standard InChI is InChI=1S/C67H39N5O/c1-2-23-46(24-3-1)71-57-30-13-12-27-51(57)63-52(29-15-31-58(63)71)66-68-65(50-28-14-22-40-16-8-10-25-47(40)50)69-67(70-66)56-39-62-55(49-33-32-41-17-9-11-26-48(41)64(49)73-62)38-61(56)72-59-36-44-20-6-4-18-42(44)34-53(59)54-35-43-19-5-7-21-45(43)37-60(54)72/h1-39H. The fourth-order valence-corrected chi connectivity index (χ4v) is 11.8. The fraction of sp³-hybridized carbons (Fsp3) is 0. The second-order valence-electron chi connectivity index (χ2n) is 19.1. The zero-order valence-corrected chi connectivity index (χ0v) is 39.2. The Morgan fingerprint density at radius 2 is 0.808 bits per heavy atom. The van der Waals surface area contributed by atoms with Crippen molar-refractivity contribution in [1.29, 1.82) is 0 Å². The van der Waals surface area contributed by atoms with E-state index in [2.05, 4.69) is 246 Å². The van der Waals surface area contributed by atoms with Gasteiger partial charge >= 0.3 is 0 Å².